The number of rotatable bonds is 5. The fourth-order valence-electron chi connectivity index (χ4n) is 1.88. The van der Waals surface area contributed by atoms with Crippen molar-refractivity contribution in [1.29, 1.82) is 0 Å². The van der Waals surface area contributed by atoms with Crippen molar-refractivity contribution in [2.75, 3.05) is 16.6 Å². The molecule has 7 heteroatoms. The van der Waals surface area contributed by atoms with E-state index in [0.717, 1.165) is 5.56 Å². The molecule has 0 aliphatic rings. The van der Waals surface area contributed by atoms with Crippen LogP contribution in [0.4, 0.5) is 16.2 Å². The van der Waals surface area contributed by atoms with Crippen LogP contribution in [0.2, 0.25) is 0 Å². The summed E-state index contributed by atoms with van der Waals surface area (Å²) < 4.78 is 31.9. The predicted molar refractivity (Wildman–Crippen MR) is 89.1 cm³/mol. The monoisotopic (exact) mass is 334 g/mol. The first kappa shape index (κ1) is 16.8. The van der Waals surface area contributed by atoms with Crippen LogP contribution in [0.15, 0.2) is 53.4 Å². The van der Waals surface area contributed by atoms with E-state index in [1.54, 1.807) is 49.4 Å². The van der Waals surface area contributed by atoms with Crippen molar-refractivity contribution >= 4 is 27.5 Å². The number of carbonyl (C=O) groups excluding carboxylic acids is 1. The average Bonchev–Trinajstić information content (AvgIpc) is 2.47. The standard InChI is InChI=1S/C16H18N2O4S/c1-3-22-16(19)17-13-5-4-6-14(11-13)18-23(20,21)15-9-7-12(2)8-10-15/h4-11,18H,3H2,1-2H3,(H,17,19). The van der Waals surface area contributed by atoms with Gasteiger partial charge in [-0.25, -0.2) is 13.2 Å². The van der Waals surface area contributed by atoms with Crippen LogP contribution in [0.3, 0.4) is 0 Å². The lowest BCUT2D eigenvalue weighted by molar-refractivity contribution is 0.168. The number of aryl methyl sites for hydroxylation is 1. The molecule has 0 spiro atoms. The van der Waals surface area contributed by atoms with Gasteiger partial charge in [-0.1, -0.05) is 23.8 Å². The van der Waals surface area contributed by atoms with E-state index < -0.39 is 16.1 Å². The van der Waals surface area contributed by atoms with E-state index >= 15 is 0 Å². The fraction of sp³-hybridized carbons (Fsp3) is 0.188. The summed E-state index contributed by atoms with van der Waals surface area (Å²) in [5, 5.41) is 2.52. The lowest BCUT2D eigenvalue weighted by atomic mass is 10.2. The molecule has 2 aromatic carbocycles. The van der Waals surface area contributed by atoms with Crippen LogP contribution in [0.5, 0.6) is 0 Å². The van der Waals surface area contributed by atoms with Crippen LogP contribution >= 0.6 is 0 Å². The number of hydrogen-bond acceptors (Lipinski definition) is 4. The van der Waals surface area contributed by atoms with Crippen LogP contribution < -0.4 is 10.0 Å². The first-order valence-corrected chi connectivity index (χ1v) is 8.52. The Morgan fingerprint density at radius 3 is 2.39 bits per heavy atom. The number of benzene rings is 2. The van der Waals surface area contributed by atoms with Crippen LogP contribution in [0.1, 0.15) is 12.5 Å². The highest BCUT2D eigenvalue weighted by atomic mass is 32.2. The normalized spacial score (nSPS) is 10.9. The molecule has 2 N–H and O–H groups in total. The second-order valence-electron chi connectivity index (χ2n) is 4.84. The molecule has 122 valence electrons. The summed E-state index contributed by atoms with van der Waals surface area (Å²) in [6, 6.07) is 12.9. The quantitative estimate of drug-likeness (QED) is 0.878. The highest BCUT2D eigenvalue weighted by Crippen LogP contribution is 2.20. The van der Waals surface area contributed by atoms with E-state index in [1.807, 2.05) is 6.92 Å². The smallest absolute Gasteiger partial charge is 0.411 e. The van der Waals surface area contributed by atoms with E-state index in [9.17, 15) is 13.2 Å². The molecule has 0 bridgehead atoms. The summed E-state index contributed by atoms with van der Waals surface area (Å²) in [4.78, 5) is 11.6. The van der Waals surface area contributed by atoms with Gasteiger partial charge < -0.3 is 4.74 Å². The molecular weight excluding hydrogens is 316 g/mol. The molecule has 0 fully saturated rings. The maximum absolute atomic E-state index is 12.3. The van der Waals surface area contributed by atoms with Gasteiger partial charge in [0, 0.05) is 5.69 Å². The summed E-state index contributed by atoms with van der Waals surface area (Å²) in [7, 11) is -3.68. The Hall–Kier alpha value is -2.54. The zero-order chi connectivity index (χ0) is 16.9. The average molecular weight is 334 g/mol. The van der Waals surface area contributed by atoms with Gasteiger partial charge in [0.1, 0.15) is 0 Å². The van der Waals surface area contributed by atoms with E-state index in [0.29, 0.717) is 11.4 Å². The van der Waals surface area contributed by atoms with E-state index in [-0.39, 0.29) is 11.5 Å². The fourth-order valence-corrected chi connectivity index (χ4v) is 2.93. The van der Waals surface area contributed by atoms with E-state index in [2.05, 4.69) is 10.0 Å². The number of amides is 1. The van der Waals surface area contributed by atoms with Gasteiger partial charge in [-0.15, -0.1) is 0 Å². The van der Waals surface area contributed by atoms with Gasteiger partial charge in [0.25, 0.3) is 10.0 Å². The lowest BCUT2D eigenvalue weighted by Gasteiger charge is -2.10. The summed E-state index contributed by atoms with van der Waals surface area (Å²) >= 11 is 0. The van der Waals surface area contributed by atoms with Crippen molar-refractivity contribution in [3.8, 4) is 0 Å². The first-order valence-electron chi connectivity index (χ1n) is 7.04. The van der Waals surface area contributed by atoms with Crippen molar-refractivity contribution in [3.05, 3.63) is 54.1 Å². The topological polar surface area (TPSA) is 84.5 Å². The number of carbonyl (C=O) groups is 1. The number of nitrogens with one attached hydrogen (secondary N) is 2. The minimum Gasteiger partial charge on any atom is -0.450 e. The second kappa shape index (κ2) is 7.15. The molecule has 0 radical (unpaired) electrons. The van der Waals surface area contributed by atoms with Crippen molar-refractivity contribution in [2.24, 2.45) is 0 Å². The maximum Gasteiger partial charge on any atom is 0.411 e. The zero-order valence-corrected chi connectivity index (χ0v) is 13.7. The molecule has 2 aromatic rings. The van der Waals surface area contributed by atoms with Gasteiger partial charge in [0.2, 0.25) is 0 Å². The molecular formula is C16H18N2O4S. The first-order chi connectivity index (χ1) is 10.9. The Morgan fingerprint density at radius 2 is 1.74 bits per heavy atom. The van der Waals surface area contributed by atoms with Gasteiger partial charge in [-0.3, -0.25) is 10.0 Å². The van der Waals surface area contributed by atoms with Gasteiger partial charge in [0.15, 0.2) is 0 Å². The number of ether oxygens (including phenoxy) is 1. The maximum atomic E-state index is 12.3. The SMILES string of the molecule is CCOC(=O)Nc1cccc(NS(=O)(=O)c2ccc(C)cc2)c1. The van der Waals surface area contributed by atoms with Crippen molar-refractivity contribution in [1.82, 2.24) is 0 Å². The molecule has 0 saturated carbocycles. The van der Waals surface area contributed by atoms with Crippen molar-refractivity contribution in [2.45, 2.75) is 18.7 Å². The molecule has 0 aliphatic carbocycles. The molecule has 6 nitrogen and oxygen atoms in total. The molecule has 0 aromatic heterocycles. The van der Waals surface area contributed by atoms with Crippen LogP contribution in [-0.2, 0) is 14.8 Å². The molecule has 2 rings (SSSR count). The van der Waals surface area contributed by atoms with Crippen LogP contribution in [-0.4, -0.2) is 21.1 Å². The minimum absolute atomic E-state index is 0.173. The third-order valence-electron chi connectivity index (χ3n) is 2.97. The summed E-state index contributed by atoms with van der Waals surface area (Å²) in [5.74, 6) is 0. The predicted octanol–water partition coefficient (Wildman–Crippen LogP) is 3.36. The number of hydrogen-bond donors (Lipinski definition) is 2. The van der Waals surface area contributed by atoms with Crippen molar-refractivity contribution < 1.29 is 17.9 Å². The lowest BCUT2D eigenvalue weighted by Crippen LogP contribution is -2.15. The number of sulfonamides is 1. The molecule has 0 atom stereocenters. The van der Waals surface area contributed by atoms with Gasteiger partial charge >= 0.3 is 6.09 Å². The Morgan fingerprint density at radius 1 is 1.09 bits per heavy atom. The largest absolute Gasteiger partial charge is 0.450 e. The highest BCUT2D eigenvalue weighted by Gasteiger charge is 2.14. The molecule has 0 heterocycles. The minimum atomic E-state index is -3.68. The Bertz CT molecular complexity index is 786. The highest BCUT2D eigenvalue weighted by molar-refractivity contribution is 7.92. The molecule has 23 heavy (non-hydrogen) atoms. The summed E-state index contributed by atoms with van der Waals surface area (Å²) in [5.41, 5.74) is 1.76. The molecule has 0 aliphatic heterocycles. The Kier molecular flexibility index (Phi) is 5.23. The third-order valence-corrected chi connectivity index (χ3v) is 4.37. The summed E-state index contributed by atoms with van der Waals surface area (Å²) in [6.45, 7) is 3.84. The van der Waals surface area contributed by atoms with Gasteiger partial charge in [-0.05, 0) is 44.2 Å². The van der Waals surface area contributed by atoms with Crippen molar-refractivity contribution in [3.63, 3.8) is 0 Å². The Balaban J connectivity index is 2.16. The van der Waals surface area contributed by atoms with E-state index in [4.69, 9.17) is 4.74 Å². The third kappa shape index (κ3) is 4.72. The second-order valence-corrected chi connectivity index (χ2v) is 6.53. The number of anilines is 2. The zero-order valence-electron chi connectivity index (χ0n) is 12.9. The van der Waals surface area contributed by atoms with Crippen LogP contribution in [0, 0.1) is 6.92 Å². The molecule has 1 amide bonds. The van der Waals surface area contributed by atoms with Gasteiger partial charge in [-0.2, -0.15) is 0 Å². The van der Waals surface area contributed by atoms with Crippen LogP contribution in [0.25, 0.3) is 0 Å². The molecule has 0 unspecified atom stereocenters. The van der Waals surface area contributed by atoms with Gasteiger partial charge in [0.05, 0.1) is 17.2 Å². The Labute approximate surface area is 135 Å². The molecule has 0 saturated heterocycles. The van der Waals surface area contributed by atoms with E-state index in [1.165, 1.54) is 6.07 Å². The summed E-state index contributed by atoms with van der Waals surface area (Å²) in [6.07, 6.45) is -0.592.